The van der Waals surface area contributed by atoms with E-state index in [1.807, 2.05) is 19.1 Å². The minimum Gasteiger partial charge on any atom is -0.370 e. The van der Waals surface area contributed by atoms with Crippen molar-refractivity contribution >= 4 is 29.9 Å². The Morgan fingerprint density at radius 2 is 2.38 bits per heavy atom. The smallest absolute Gasteiger partial charge is 0.189 e. The lowest BCUT2D eigenvalue weighted by Crippen LogP contribution is -2.32. The highest BCUT2D eigenvalue weighted by Crippen LogP contribution is 1.96. The number of rotatable bonds is 4. The van der Waals surface area contributed by atoms with Crippen LogP contribution in [0, 0.1) is 0 Å². The highest BCUT2D eigenvalue weighted by Gasteiger charge is 1.92. The van der Waals surface area contributed by atoms with Gasteiger partial charge in [0.15, 0.2) is 5.96 Å². The highest BCUT2D eigenvalue weighted by molar-refractivity contribution is 14.0. The van der Waals surface area contributed by atoms with Gasteiger partial charge in [-0.25, -0.2) is 4.99 Å². The lowest BCUT2D eigenvalue weighted by molar-refractivity contribution is 0.937. The fourth-order valence-electron chi connectivity index (χ4n) is 0.965. The summed E-state index contributed by atoms with van der Waals surface area (Å²) in [6, 6.07) is 3.84. The molecular formula is C11H17IN4. The summed E-state index contributed by atoms with van der Waals surface area (Å²) in [7, 11) is 0. The first-order valence-corrected chi connectivity index (χ1v) is 4.75. The van der Waals surface area contributed by atoms with Crippen LogP contribution in [0.25, 0.3) is 0 Å². The number of halogens is 1. The number of pyridine rings is 1. The van der Waals surface area contributed by atoms with E-state index in [1.54, 1.807) is 12.4 Å². The predicted molar refractivity (Wildman–Crippen MR) is 77.8 cm³/mol. The lowest BCUT2D eigenvalue weighted by atomic mass is 10.3. The molecule has 0 aliphatic heterocycles. The lowest BCUT2D eigenvalue weighted by Gasteiger charge is -2.04. The molecule has 0 atom stereocenters. The van der Waals surface area contributed by atoms with E-state index in [-0.39, 0.29) is 24.0 Å². The topological polar surface area (TPSA) is 63.3 Å². The zero-order valence-electron chi connectivity index (χ0n) is 9.31. The molecule has 0 unspecified atom stereocenters. The molecule has 1 rings (SSSR count). The quantitative estimate of drug-likeness (QED) is 0.382. The number of nitrogens with zero attached hydrogens (tertiary/aromatic N) is 2. The third-order valence-corrected chi connectivity index (χ3v) is 1.73. The summed E-state index contributed by atoms with van der Waals surface area (Å²) in [5.41, 5.74) is 7.71. The molecule has 0 saturated carbocycles. The average molecular weight is 332 g/mol. The van der Waals surface area contributed by atoms with E-state index in [2.05, 4.69) is 21.9 Å². The van der Waals surface area contributed by atoms with E-state index in [4.69, 9.17) is 5.73 Å². The molecule has 1 aromatic heterocycles. The van der Waals surface area contributed by atoms with Gasteiger partial charge in [-0.1, -0.05) is 18.2 Å². The molecule has 0 fully saturated rings. The predicted octanol–water partition coefficient (Wildman–Crippen LogP) is 1.68. The van der Waals surface area contributed by atoms with Gasteiger partial charge < -0.3 is 11.1 Å². The molecule has 1 heterocycles. The molecule has 16 heavy (non-hydrogen) atoms. The van der Waals surface area contributed by atoms with Gasteiger partial charge in [-0.15, -0.1) is 24.0 Å². The van der Waals surface area contributed by atoms with Gasteiger partial charge in [-0.3, -0.25) is 4.98 Å². The Bertz CT molecular complexity index is 348. The maximum absolute atomic E-state index is 5.65. The normalized spacial score (nSPS) is 10.4. The molecule has 3 N–H and O–H groups in total. The van der Waals surface area contributed by atoms with Gasteiger partial charge >= 0.3 is 0 Å². The van der Waals surface area contributed by atoms with Crippen LogP contribution in [-0.4, -0.2) is 17.5 Å². The number of hydrogen-bond donors (Lipinski definition) is 2. The summed E-state index contributed by atoms with van der Waals surface area (Å²) in [5.74, 6) is 0.432. The van der Waals surface area contributed by atoms with Gasteiger partial charge in [0.2, 0.25) is 0 Å². The minimum absolute atomic E-state index is 0. The molecule has 0 aliphatic rings. The van der Waals surface area contributed by atoms with Crippen LogP contribution in [0.2, 0.25) is 0 Å². The number of hydrogen-bond acceptors (Lipinski definition) is 2. The van der Waals surface area contributed by atoms with Crippen molar-refractivity contribution in [2.45, 2.75) is 13.5 Å². The minimum atomic E-state index is 0. The van der Waals surface area contributed by atoms with Crippen molar-refractivity contribution in [1.82, 2.24) is 10.3 Å². The molecule has 1 aromatic rings. The number of aromatic nitrogens is 1. The Morgan fingerprint density at radius 1 is 1.62 bits per heavy atom. The van der Waals surface area contributed by atoms with Crippen molar-refractivity contribution in [3.05, 3.63) is 42.2 Å². The fourth-order valence-corrected chi connectivity index (χ4v) is 0.965. The van der Waals surface area contributed by atoms with E-state index in [0.717, 1.165) is 11.1 Å². The first kappa shape index (κ1) is 14.9. The molecule has 0 amide bonds. The molecule has 0 saturated heterocycles. The van der Waals surface area contributed by atoms with Gasteiger partial charge in [0.05, 0.1) is 6.54 Å². The molecule has 0 spiro atoms. The Kier molecular flexibility index (Phi) is 7.53. The van der Waals surface area contributed by atoms with Gasteiger partial charge in [0.1, 0.15) is 0 Å². The third kappa shape index (κ3) is 6.39. The highest BCUT2D eigenvalue weighted by atomic mass is 127. The van der Waals surface area contributed by atoms with Crippen LogP contribution < -0.4 is 11.1 Å². The van der Waals surface area contributed by atoms with E-state index in [0.29, 0.717) is 19.0 Å². The van der Waals surface area contributed by atoms with Gasteiger partial charge in [0.25, 0.3) is 0 Å². The fraction of sp³-hybridized carbons (Fsp3) is 0.273. The first-order chi connectivity index (χ1) is 7.18. The third-order valence-electron chi connectivity index (χ3n) is 1.73. The zero-order chi connectivity index (χ0) is 11.1. The average Bonchev–Trinajstić information content (AvgIpc) is 2.25. The van der Waals surface area contributed by atoms with Crippen LogP contribution in [0.15, 0.2) is 41.7 Å². The summed E-state index contributed by atoms with van der Waals surface area (Å²) in [6.07, 6.45) is 3.51. The largest absolute Gasteiger partial charge is 0.370 e. The van der Waals surface area contributed by atoms with Crippen molar-refractivity contribution in [3.8, 4) is 0 Å². The van der Waals surface area contributed by atoms with Crippen LogP contribution in [0.5, 0.6) is 0 Å². The summed E-state index contributed by atoms with van der Waals surface area (Å²) < 4.78 is 0. The van der Waals surface area contributed by atoms with Crippen LogP contribution >= 0.6 is 24.0 Å². The van der Waals surface area contributed by atoms with Crippen LogP contribution in [0.1, 0.15) is 12.5 Å². The second-order valence-electron chi connectivity index (χ2n) is 3.37. The molecule has 0 aliphatic carbocycles. The number of nitrogens with two attached hydrogens (primary N) is 1. The van der Waals surface area contributed by atoms with Crippen molar-refractivity contribution in [2.24, 2.45) is 10.7 Å². The molecule has 88 valence electrons. The van der Waals surface area contributed by atoms with Crippen LogP contribution in [0.4, 0.5) is 0 Å². The number of nitrogens with one attached hydrogen (secondary N) is 1. The summed E-state index contributed by atoms with van der Waals surface area (Å²) in [4.78, 5) is 8.16. The SMILES string of the molecule is C=C(C)CNC(N)=NCc1cccnc1.I. The van der Waals surface area contributed by atoms with E-state index in [1.165, 1.54) is 0 Å². The molecule has 0 aromatic carbocycles. The Hall–Kier alpha value is -1.11. The van der Waals surface area contributed by atoms with Crippen molar-refractivity contribution in [1.29, 1.82) is 0 Å². The standard InChI is InChI=1S/C11H16N4.HI/c1-9(2)6-14-11(12)15-8-10-4-3-5-13-7-10;/h3-5,7H,1,6,8H2,2H3,(H3,12,14,15);1H. The number of guanidine groups is 1. The van der Waals surface area contributed by atoms with Crippen LogP contribution in [-0.2, 0) is 6.54 Å². The van der Waals surface area contributed by atoms with E-state index >= 15 is 0 Å². The molecule has 5 heteroatoms. The van der Waals surface area contributed by atoms with Crippen molar-refractivity contribution in [3.63, 3.8) is 0 Å². The maximum atomic E-state index is 5.65. The second-order valence-corrected chi connectivity index (χ2v) is 3.37. The van der Waals surface area contributed by atoms with Crippen molar-refractivity contribution in [2.75, 3.05) is 6.54 Å². The number of aliphatic imine (C=N–C) groups is 1. The monoisotopic (exact) mass is 332 g/mol. The maximum Gasteiger partial charge on any atom is 0.189 e. The Labute approximate surface area is 113 Å². The van der Waals surface area contributed by atoms with Gasteiger partial charge in [-0.2, -0.15) is 0 Å². The van der Waals surface area contributed by atoms with E-state index < -0.39 is 0 Å². The Balaban J connectivity index is 0.00000225. The zero-order valence-corrected chi connectivity index (χ0v) is 11.6. The van der Waals surface area contributed by atoms with Crippen LogP contribution in [0.3, 0.4) is 0 Å². The molecule has 4 nitrogen and oxygen atoms in total. The Morgan fingerprint density at radius 3 is 2.94 bits per heavy atom. The van der Waals surface area contributed by atoms with E-state index in [9.17, 15) is 0 Å². The molecule has 0 radical (unpaired) electrons. The molecule has 0 bridgehead atoms. The van der Waals surface area contributed by atoms with Gasteiger partial charge in [0, 0.05) is 18.9 Å². The summed E-state index contributed by atoms with van der Waals surface area (Å²) in [6.45, 7) is 6.89. The molecular weight excluding hydrogens is 315 g/mol. The van der Waals surface area contributed by atoms with Crippen molar-refractivity contribution < 1.29 is 0 Å². The van der Waals surface area contributed by atoms with Gasteiger partial charge in [-0.05, 0) is 18.6 Å². The summed E-state index contributed by atoms with van der Waals surface area (Å²) in [5, 5.41) is 2.96. The second kappa shape index (κ2) is 8.09. The summed E-state index contributed by atoms with van der Waals surface area (Å²) >= 11 is 0. The first-order valence-electron chi connectivity index (χ1n) is 4.75.